The first-order chi connectivity index (χ1) is 9.22. The number of pyridine rings is 1. The molecule has 0 saturated heterocycles. The maximum atomic E-state index is 12.0. The number of aromatic nitrogens is 1. The third-order valence-electron chi connectivity index (χ3n) is 2.61. The summed E-state index contributed by atoms with van der Waals surface area (Å²) in [5.74, 6) is 0.431. The summed E-state index contributed by atoms with van der Waals surface area (Å²) in [7, 11) is 3.37. The van der Waals surface area contributed by atoms with E-state index in [1.165, 1.54) is 0 Å². The minimum atomic E-state index is -0.259. The predicted molar refractivity (Wildman–Crippen MR) is 74.7 cm³/mol. The molecule has 0 bridgehead atoms. The highest BCUT2D eigenvalue weighted by Crippen LogP contribution is 2.17. The first-order valence-electron chi connectivity index (χ1n) is 5.82. The van der Waals surface area contributed by atoms with E-state index in [-0.39, 0.29) is 5.91 Å². The second-order valence-electron chi connectivity index (χ2n) is 3.87. The maximum absolute atomic E-state index is 12.0. The van der Waals surface area contributed by atoms with Crippen molar-refractivity contribution in [3.8, 4) is 5.75 Å². The summed E-state index contributed by atoms with van der Waals surface area (Å²) in [4.78, 5) is 16.1. The fourth-order valence-corrected chi connectivity index (χ4v) is 1.61. The molecule has 1 aromatic heterocycles. The van der Waals surface area contributed by atoms with Crippen molar-refractivity contribution in [2.24, 2.45) is 0 Å². The first kappa shape index (κ1) is 12.9. The number of methoxy groups -OCH3 is 1. The Kier molecular flexibility index (Phi) is 3.97. The Bertz CT molecular complexity index is 584. The molecule has 1 aromatic carbocycles. The molecule has 1 amide bonds. The third-order valence-corrected chi connectivity index (χ3v) is 2.61. The van der Waals surface area contributed by atoms with Gasteiger partial charge in [-0.05, 0) is 24.3 Å². The van der Waals surface area contributed by atoms with Gasteiger partial charge in [0.1, 0.15) is 11.4 Å². The zero-order valence-corrected chi connectivity index (χ0v) is 10.8. The molecule has 0 atom stereocenters. The molecule has 0 radical (unpaired) electrons. The zero-order valence-electron chi connectivity index (χ0n) is 10.8. The average molecular weight is 257 g/mol. The number of ether oxygens (including phenoxy) is 1. The van der Waals surface area contributed by atoms with Gasteiger partial charge in [0.25, 0.3) is 5.91 Å². The Labute approximate surface area is 111 Å². The Morgan fingerprint density at radius 3 is 2.79 bits per heavy atom. The van der Waals surface area contributed by atoms with E-state index in [0.717, 1.165) is 5.69 Å². The van der Waals surface area contributed by atoms with E-state index >= 15 is 0 Å². The van der Waals surface area contributed by atoms with Crippen molar-refractivity contribution in [1.29, 1.82) is 0 Å². The van der Waals surface area contributed by atoms with Gasteiger partial charge in [-0.25, -0.2) is 0 Å². The highest BCUT2D eigenvalue weighted by Gasteiger charge is 2.08. The van der Waals surface area contributed by atoms with Crippen LogP contribution in [0.1, 0.15) is 10.5 Å². The molecular formula is C14H15N3O2. The standard InChI is InChI=1S/C14H15N3O2/c1-15-10-6-7-16-13(9-10)14(18)17-11-4-3-5-12(8-11)19-2/h3-9H,1-2H3,(H,15,16)(H,17,18). The van der Waals surface area contributed by atoms with Crippen molar-refractivity contribution in [3.63, 3.8) is 0 Å². The van der Waals surface area contributed by atoms with Crippen molar-refractivity contribution in [3.05, 3.63) is 48.3 Å². The van der Waals surface area contributed by atoms with Crippen LogP contribution in [0.3, 0.4) is 0 Å². The van der Waals surface area contributed by atoms with Gasteiger partial charge in [-0.1, -0.05) is 6.07 Å². The summed E-state index contributed by atoms with van der Waals surface area (Å²) in [5, 5.41) is 5.74. The zero-order chi connectivity index (χ0) is 13.7. The molecule has 0 unspecified atom stereocenters. The van der Waals surface area contributed by atoms with Gasteiger partial charge in [-0.3, -0.25) is 9.78 Å². The van der Waals surface area contributed by atoms with E-state index in [9.17, 15) is 4.79 Å². The lowest BCUT2D eigenvalue weighted by Crippen LogP contribution is -2.13. The number of carbonyl (C=O) groups is 1. The molecule has 0 fully saturated rings. The SMILES string of the molecule is CNc1ccnc(C(=O)Nc2cccc(OC)c2)c1. The monoisotopic (exact) mass is 257 g/mol. The Morgan fingerprint density at radius 1 is 1.21 bits per heavy atom. The van der Waals surface area contributed by atoms with E-state index in [4.69, 9.17) is 4.74 Å². The minimum Gasteiger partial charge on any atom is -0.497 e. The number of nitrogens with one attached hydrogen (secondary N) is 2. The summed E-state index contributed by atoms with van der Waals surface area (Å²) in [6, 6.07) is 10.7. The summed E-state index contributed by atoms with van der Waals surface area (Å²) < 4.78 is 5.10. The number of nitrogens with zero attached hydrogens (tertiary/aromatic N) is 1. The average Bonchev–Trinajstić information content (AvgIpc) is 2.47. The van der Waals surface area contributed by atoms with Crippen LogP contribution in [0.4, 0.5) is 11.4 Å². The van der Waals surface area contributed by atoms with Gasteiger partial charge in [-0.15, -0.1) is 0 Å². The van der Waals surface area contributed by atoms with Crippen LogP contribution >= 0.6 is 0 Å². The quantitative estimate of drug-likeness (QED) is 0.882. The van der Waals surface area contributed by atoms with Crippen LogP contribution in [0, 0.1) is 0 Å². The Balaban J connectivity index is 2.15. The molecule has 98 valence electrons. The highest BCUT2D eigenvalue weighted by molar-refractivity contribution is 6.03. The molecule has 0 saturated carbocycles. The lowest BCUT2D eigenvalue weighted by atomic mass is 10.2. The Morgan fingerprint density at radius 2 is 2.05 bits per heavy atom. The summed E-state index contributed by atoms with van der Waals surface area (Å²) in [6.07, 6.45) is 1.59. The van der Waals surface area contributed by atoms with E-state index in [1.54, 1.807) is 44.6 Å². The van der Waals surface area contributed by atoms with Gasteiger partial charge >= 0.3 is 0 Å². The Hall–Kier alpha value is -2.56. The van der Waals surface area contributed by atoms with Crippen LogP contribution in [0.2, 0.25) is 0 Å². The van der Waals surface area contributed by atoms with E-state index in [1.807, 2.05) is 12.1 Å². The molecule has 5 heteroatoms. The molecule has 2 N–H and O–H groups in total. The summed E-state index contributed by atoms with van der Waals surface area (Å²) in [5.41, 5.74) is 1.86. The van der Waals surface area contributed by atoms with Crippen LogP contribution in [-0.4, -0.2) is 25.0 Å². The second-order valence-corrected chi connectivity index (χ2v) is 3.87. The van der Waals surface area contributed by atoms with Crippen LogP contribution < -0.4 is 15.4 Å². The van der Waals surface area contributed by atoms with Gasteiger partial charge in [0.2, 0.25) is 0 Å². The van der Waals surface area contributed by atoms with Gasteiger partial charge in [-0.2, -0.15) is 0 Å². The predicted octanol–water partition coefficient (Wildman–Crippen LogP) is 2.38. The summed E-state index contributed by atoms with van der Waals surface area (Å²) in [6.45, 7) is 0. The first-order valence-corrected chi connectivity index (χ1v) is 5.82. The molecule has 1 heterocycles. The van der Waals surface area contributed by atoms with E-state index < -0.39 is 0 Å². The molecule has 19 heavy (non-hydrogen) atoms. The molecular weight excluding hydrogens is 242 g/mol. The van der Waals surface area contributed by atoms with Crippen molar-refractivity contribution in [2.75, 3.05) is 24.8 Å². The highest BCUT2D eigenvalue weighted by atomic mass is 16.5. The number of hydrogen-bond acceptors (Lipinski definition) is 4. The summed E-state index contributed by atoms with van der Waals surface area (Å²) >= 11 is 0. The molecule has 0 aliphatic carbocycles. The third kappa shape index (κ3) is 3.22. The van der Waals surface area contributed by atoms with Crippen molar-refractivity contribution < 1.29 is 9.53 Å². The van der Waals surface area contributed by atoms with Gasteiger partial charge in [0, 0.05) is 30.7 Å². The van der Waals surface area contributed by atoms with Crippen LogP contribution in [0.15, 0.2) is 42.6 Å². The maximum Gasteiger partial charge on any atom is 0.274 e. The largest absolute Gasteiger partial charge is 0.497 e. The number of rotatable bonds is 4. The molecule has 0 aliphatic heterocycles. The molecule has 0 aliphatic rings. The van der Waals surface area contributed by atoms with Crippen molar-refractivity contribution >= 4 is 17.3 Å². The lowest BCUT2D eigenvalue weighted by molar-refractivity contribution is 0.102. The van der Waals surface area contributed by atoms with Crippen LogP contribution in [-0.2, 0) is 0 Å². The van der Waals surface area contributed by atoms with Crippen LogP contribution in [0.5, 0.6) is 5.75 Å². The minimum absolute atomic E-state index is 0.259. The second kappa shape index (κ2) is 5.86. The smallest absolute Gasteiger partial charge is 0.274 e. The normalized spacial score (nSPS) is 9.79. The van der Waals surface area contributed by atoms with Crippen molar-refractivity contribution in [2.45, 2.75) is 0 Å². The number of benzene rings is 1. The number of amides is 1. The van der Waals surface area contributed by atoms with Gasteiger partial charge < -0.3 is 15.4 Å². The van der Waals surface area contributed by atoms with E-state index in [2.05, 4.69) is 15.6 Å². The van der Waals surface area contributed by atoms with E-state index in [0.29, 0.717) is 17.1 Å². The van der Waals surface area contributed by atoms with Gasteiger partial charge in [0.15, 0.2) is 0 Å². The molecule has 2 aromatic rings. The molecule has 0 spiro atoms. The fraction of sp³-hybridized carbons (Fsp3) is 0.143. The fourth-order valence-electron chi connectivity index (χ4n) is 1.61. The topological polar surface area (TPSA) is 63.2 Å². The number of carbonyl (C=O) groups excluding carboxylic acids is 1. The molecule has 2 rings (SSSR count). The van der Waals surface area contributed by atoms with Crippen LogP contribution in [0.25, 0.3) is 0 Å². The number of hydrogen-bond donors (Lipinski definition) is 2. The lowest BCUT2D eigenvalue weighted by Gasteiger charge is -2.07. The van der Waals surface area contributed by atoms with Crippen molar-refractivity contribution in [1.82, 2.24) is 4.98 Å². The number of anilines is 2. The molecule has 5 nitrogen and oxygen atoms in total. The van der Waals surface area contributed by atoms with Gasteiger partial charge in [0.05, 0.1) is 7.11 Å².